The summed E-state index contributed by atoms with van der Waals surface area (Å²) in [6.07, 6.45) is 1.10. The fourth-order valence-corrected chi connectivity index (χ4v) is 4.40. The van der Waals surface area contributed by atoms with Gasteiger partial charge in [0.25, 0.3) is 5.91 Å². The zero-order valence-corrected chi connectivity index (χ0v) is 20.7. The molecule has 0 saturated heterocycles. The van der Waals surface area contributed by atoms with Crippen molar-refractivity contribution in [2.45, 2.75) is 13.5 Å². The van der Waals surface area contributed by atoms with Crippen LogP contribution in [-0.2, 0) is 21.3 Å². The van der Waals surface area contributed by atoms with Crippen molar-refractivity contribution in [1.82, 2.24) is 0 Å². The summed E-state index contributed by atoms with van der Waals surface area (Å²) in [7, 11) is -3.62. The lowest BCUT2D eigenvalue weighted by molar-refractivity contribution is 0.0526. The normalized spacial score (nSPS) is 11.1. The lowest BCUT2D eigenvalue weighted by Gasteiger charge is -2.23. The number of nitrogens with one attached hydrogen (secondary N) is 1. The summed E-state index contributed by atoms with van der Waals surface area (Å²) in [6, 6.07) is 17.6. The number of nitrogens with zero attached hydrogens (tertiary/aromatic N) is 1. The molecule has 0 unspecified atom stereocenters. The summed E-state index contributed by atoms with van der Waals surface area (Å²) in [5, 5.41) is 3.36. The molecule has 10 heteroatoms. The van der Waals surface area contributed by atoms with Gasteiger partial charge in [-0.05, 0) is 61.0 Å². The number of amides is 1. The Hall–Kier alpha value is -3.07. The number of esters is 1. The zero-order valence-electron chi connectivity index (χ0n) is 18.4. The van der Waals surface area contributed by atoms with Gasteiger partial charge >= 0.3 is 5.97 Å². The smallest absolute Gasteiger partial charge is 0.339 e. The Labute approximate surface area is 208 Å². The van der Waals surface area contributed by atoms with Gasteiger partial charge in [-0.2, -0.15) is 0 Å². The number of carbonyl (C=O) groups is 2. The maximum absolute atomic E-state index is 12.7. The monoisotopic (exact) mass is 520 g/mol. The summed E-state index contributed by atoms with van der Waals surface area (Å²) in [4.78, 5) is 24.7. The Morgan fingerprint density at radius 1 is 0.971 bits per heavy atom. The summed E-state index contributed by atoms with van der Waals surface area (Å²) in [6.45, 7) is 1.92. The van der Waals surface area contributed by atoms with Crippen LogP contribution in [0.5, 0.6) is 0 Å². The fourth-order valence-electron chi connectivity index (χ4n) is 3.13. The maximum Gasteiger partial charge on any atom is 0.339 e. The van der Waals surface area contributed by atoms with E-state index in [1.807, 2.05) is 0 Å². The van der Waals surface area contributed by atoms with E-state index in [2.05, 4.69) is 5.32 Å². The van der Waals surface area contributed by atoms with Crippen LogP contribution in [0.15, 0.2) is 66.7 Å². The van der Waals surface area contributed by atoms with Crippen LogP contribution in [0.1, 0.15) is 33.2 Å². The van der Waals surface area contributed by atoms with Crippen LogP contribution < -0.4 is 9.62 Å². The lowest BCUT2D eigenvalue weighted by Crippen LogP contribution is -2.29. The van der Waals surface area contributed by atoms with E-state index in [0.717, 1.165) is 6.26 Å². The predicted molar refractivity (Wildman–Crippen MR) is 134 cm³/mol. The summed E-state index contributed by atoms with van der Waals surface area (Å²) in [5.41, 5.74) is 1.83. The van der Waals surface area contributed by atoms with Gasteiger partial charge in [-0.3, -0.25) is 9.10 Å². The Bertz CT molecular complexity index is 1310. The molecule has 0 bridgehead atoms. The molecule has 178 valence electrons. The number of hydrogen-bond donors (Lipinski definition) is 1. The molecule has 1 N–H and O–H groups in total. The quantitative estimate of drug-likeness (QED) is 0.402. The number of halogens is 2. The molecule has 0 aliphatic rings. The summed E-state index contributed by atoms with van der Waals surface area (Å²) < 4.78 is 31.0. The van der Waals surface area contributed by atoms with E-state index in [0.29, 0.717) is 27.5 Å². The van der Waals surface area contributed by atoms with E-state index in [9.17, 15) is 18.0 Å². The molecule has 0 atom stereocenters. The summed E-state index contributed by atoms with van der Waals surface area (Å²) in [5.74, 6) is -1.03. The Morgan fingerprint density at radius 2 is 1.65 bits per heavy atom. The number of hydrogen-bond acceptors (Lipinski definition) is 5. The van der Waals surface area contributed by atoms with Crippen LogP contribution in [0.4, 0.5) is 11.4 Å². The highest BCUT2D eigenvalue weighted by atomic mass is 35.5. The SMILES string of the molecule is CCOC(=O)c1cc(NC(=O)c2ccc(N(Cc3ccccc3Cl)S(C)(=O)=O)cc2)ccc1Cl. The molecule has 3 aromatic rings. The van der Waals surface area contributed by atoms with Gasteiger partial charge in [0.2, 0.25) is 10.0 Å². The van der Waals surface area contributed by atoms with E-state index >= 15 is 0 Å². The van der Waals surface area contributed by atoms with E-state index < -0.39 is 21.9 Å². The molecule has 0 radical (unpaired) electrons. The zero-order chi connectivity index (χ0) is 24.9. The molecule has 0 saturated carbocycles. The average molecular weight is 521 g/mol. The molecule has 0 aromatic heterocycles. The first-order chi connectivity index (χ1) is 16.1. The number of benzene rings is 3. The van der Waals surface area contributed by atoms with Crippen LogP contribution in [0, 0.1) is 0 Å². The third kappa shape index (κ3) is 6.28. The molecule has 1 amide bonds. The molecule has 0 fully saturated rings. The van der Waals surface area contributed by atoms with Crippen molar-refractivity contribution in [3.05, 3.63) is 93.5 Å². The predicted octanol–water partition coefficient (Wildman–Crippen LogP) is 5.39. The van der Waals surface area contributed by atoms with Crippen LogP contribution in [0.2, 0.25) is 10.0 Å². The molecule has 0 heterocycles. The van der Waals surface area contributed by atoms with Gasteiger partial charge in [-0.25, -0.2) is 13.2 Å². The Balaban J connectivity index is 1.80. The van der Waals surface area contributed by atoms with Gasteiger partial charge in [0.05, 0.1) is 35.7 Å². The van der Waals surface area contributed by atoms with Gasteiger partial charge < -0.3 is 10.1 Å². The largest absolute Gasteiger partial charge is 0.462 e. The van der Waals surface area contributed by atoms with Crippen molar-refractivity contribution < 1.29 is 22.7 Å². The Morgan fingerprint density at radius 3 is 2.26 bits per heavy atom. The maximum atomic E-state index is 12.7. The van der Waals surface area contributed by atoms with Gasteiger partial charge in [-0.15, -0.1) is 0 Å². The lowest BCUT2D eigenvalue weighted by atomic mass is 10.1. The van der Waals surface area contributed by atoms with Gasteiger partial charge in [0, 0.05) is 16.3 Å². The number of rotatable bonds is 8. The molecular weight excluding hydrogens is 499 g/mol. The highest BCUT2D eigenvalue weighted by Gasteiger charge is 2.20. The number of sulfonamides is 1. The Kier molecular flexibility index (Phi) is 8.19. The first-order valence-electron chi connectivity index (χ1n) is 10.2. The summed E-state index contributed by atoms with van der Waals surface area (Å²) >= 11 is 12.3. The van der Waals surface area contributed by atoms with Crippen molar-refractivity contribution in [3.8, 4) is 0 Å². The molecule has 0 aliphatic heterocycles. The highest BCUT2D eigenvalue weighted by molar-refractivity contribution is 7.92. The molecule has 3 aromatic carbocycles. The van der Waals surface area contributed by atoms with E-state index in [-0.39, 0.29) is 23.7 Å². The number of anilines is 2. The average Bonchev–Trinajstić information content (AvgIpc) is 2.79. The van der Waals surface area contributed by atoms with Crippen LogP contribution >= 0.6 is 23.2 Å². The van der Waals surface area contributed by atoms with E-state index in [1.54, 1.807) is 49.4 Å². The van der Waals surface area contributed by atoms with Crippen LogP contribution in [0.25, 0.3) is 0 Å². The molecule has 7 nitrogen and oxygen atoms in total. The minimum atomic E-state index is -3.62. The first kappa shape index (κ1) is 25.6. The molecule has 34 heavy (non-hydrogen) atoms. The second kappa shape index (κ2) is 10.9. The minimum absolute atomic E-state index is 0.0471. The first-order valence-corrected chi connectivity index (χ1v) is 12.8. The van der Waals surface area contributed by atoms with Crippen molar-refractivity contribution >= 4 is 56.5 Å². The minimum Gasteiger partial charge on any atom is -0.462 e. The van der Waals surface area contributed by atoms with Gasteiger partial charge in [-0.1, -0.05) is 41.4 Å². The third-order valence-corrected chi connectivity index (χ3v) is 6.65. The van der Waals surface area contributed by atoms with Crippen molar-refractivity contribution in [2.24, 2.45) is 0 Å². The topological polar surface area (TPSA) is 92.8 Å². The van der Waals surface area contributed by atoms with Crippen molar-refractivity contribution in [2.75, 3.05) is 22.5 Å². The number of ether oxygens (including phenoxy) is 1. The molecule has 0 aliphatic carbocycles. The molecule has 0 spiro atoms. The van der Waals surface area contributed by atoms with Crippen LogP contribution in [0.3, 0.4) is 0 Å². The standard InChI is InChI=1S/C24H22Cl2N2O5S/c1-3-33-24(30)20-14-18(10-13-22(20)26)27-23(29)16-8-11-19(12-9-16)28(34(2,31)32)15-17-6-4-5-7-21(17)25/h4-14H,3,15H2,1-2H3,(H,27,29). The third-order valence-electron chi connectivity index (χ3n) is 4.81. The van der Waals surface area contributed by atoms with Crippen LogP contribution in [-0.4, -0.2) is 33.2 Å². The number of carbonyl (C=O) groups excluding carboxylic acids is 2. The molecule has 3 rings (SSSR count). The second-order valence-electron chi connectivity index (χ2n) is 7.28. The molecular formula is C24H22Cl2N2O5S. The second-order valence-corrected chi connectivity index (χ2v) is 10.00. The van der Waals surface area contributed by atoms with E-state index in [1.165, 1.54) is 28.6 Å². The van der Waals surface area contributed by atoms with Crippen molar-refractivity contribution in [1.29, 1.82) is 0 Å². The highest BCUT2D eigenvalue weighted by Crippen LogP contribution is 2.25. The van der Waals surface area contributed by atoms with Gasteiger partial charge in [0.15, 0.2) is 0 Å². The van der Waals surface area contributed by atoms with Crippen molar-refractivity contribution in [3.63, 3.8) is 0 Å². The van der Waals surface area contributed by atoms with E-state index in [4.69, 9.17) is 27.9 Å². The fraction of sp³-hybridized carbons (Fsp3) is 0.167. The van der Waals surface area contributed by atoms with Gasteiger partial charge in [0.1, 0.15) is 0 Å².